The molecule has 0 unspecified atom stereocenters. The summed E-state index contributed by atoms with van der Waals surface area (Å²) in [6.07, 6.45) is 21.9. The molecule has 0 saturated heterocycles. The molecule has 8 N–H and O–H groups in total. The average Bonchev–Trinajstić information content (AvgIpc) is 2.43. The Morgan fingerprint density at radius 2 is 1.14 bits per heavy atom. The number of carbonyl (C=O) groups is 1. The van der Waals surface area contributed by atoms with Crippen LogP contribution in [-0.4, -0.2) is 5.91 Å². The Morgan fingerprint density at radius 3 is 1.59 bits per heavy atom. The molecular weight excluding hydrogens is 274 g/mol. The summed E-state index contributed by atoms with van der Waals surface area (Å²) < 4.78 is 0. The zero-order chi connectivity index (χ0) is 14.9. The lowest BCUT2D eigenvalue weighted by Crippen LogP contribution is -2.09. The fourth-order valence-corrected chi connectivity index (χ4v) is 2.37. The molecule has 134 valence electrons. The summed E-state index contributed by atoms with van der Waals surface area (Å²) in [7, 11) is 0. The number of allylic oxidation sites excluding steroid dienone is 2. The molecule has 0 aliphatic rings. The Bertz CT molecular complexity index is 242. The smallest absolute Gasteiger partial charge is 0.217 e. The molecule has 0 atom stereocenters. The van der Waals surface area contributed by atoms with E-state index >= 15 is 0 Å². The van der Waals surface area contributed by atoms with Gasteiger partial charge in [0.05, 0.1) is 0 Å². The number of hydrogen-bond acceptors (Lipinski definition) is 3. The van der Waals surface area contributed by atoms with Crippen LogP contribution >= 0.6 is 0 Å². The van der Waals surface area contributed by atoms with E-state index in [0.717, 1.165) is 12.8 Å². The van der Waals surface area contributed by atoms with E-state index in [9.17, 15) is 4.79 Å². The van der Waals surface area contributed by atoms with E-state index in [4.69, 9.17) is 5.73 Å². The molecule has 0 aliphatic carbocycles. The van der Waals surface area contributed by atoms with Crippen LogP contribution in [0, 0.1) is 0 Å². The first-order valence-electron chi connectivity index (χ1n) is 8.70. The van der Waals surface area contributed by atoms with E-state index in [-0.39, 0.29) is 18.2 Å². The average molecular weight is 316 g/mol. The Hall–Kier alpha value is -0.870. The van der Waals surface area contributed by atoms with Crippen molar-refractivity contribution in [3.63, 3.8) is 0 Å². The van der Waals surface area contributed by atoms with Gasteiger partial charge in [-0.1, -0.05) is 70.4 Å². The van der Waals surface area contributed by atoms with Crippen molar-refractivity contribution >= 4 is 5.91 Å². The molecule has 0 aromatic rings. The zero-order valence-corrected chi connectivity index (χ0v) is 15.0. The summed E-state index contributed by atoms with van der Waals surface area (Å²) in [5.41, 5.74) is 5.10. The first-order valence-corrected chi connectivity index (χ1v) is 8.70. The summed E-state index contributed by atoms with van der Waals surface area (Å²) in [4.78, 5) is 10.5. The van der Waals surface area contributed by atoms with Crippen LogP contribution in [0.1, 0.15) is 96.8 Å². The van der Waals surface area contributed by atoms with Crippen molar-refractivity contribution in [2.45, 2.75) is 96.8 Å². The van der Waals surface area contributed by atoms with Gasteiger partial charge in [-0.2, -0.15) is 0 Å². The normalized spacial score (nSPS) is 10.2. The topological polar surface area (TPSA) is 113 Å². The van der Waals surface area contributed by atoms with Crippen molar-refractivity contribution in [2.24, 2.45) is 5.73 Å². The van der Waals surface area contributed by atoms with Crippen molar-refractivity contribution < 1.29 is 4.79 Å². The van der Waals surface area contributed by atoms with Crippen molar-refractivity contribution in [2.75, 3.05) is 0 Å². The third-order valence-corrected chi connectivity index (χ3v) is 3.68. The van der Waals surface area contributed by atoms with Crippen molar-refractivity contribution in [3.8, 4) is 0 Å². The third kappa shape index (κ3) is 24.2. The van der Waals surface area contributed by atoms with E-state index in [0.29, 0.717) is 6.42 Å². The lowest BCUT2D eigenvalue weighted by molar-refractivity contribution is -0.118. The second kappa shape index (κ2) is 22.4. The summed E-state index contributed by atoms with van der Waals surface area (Å²) in [5, 5.41) is 0. The second-order valence-corrected chi connectivity index (χ2v) is 5.80. The van der Waals surface area contributed by atoms with Crippen molar-refractivity contribution in [1.82, 2.24) is 12.3 Å². The van der Waals surface area contributed by atoms with Crippen LogP contribution in [0.2, 0.25) is 0 Å². The second-order valence-electron chi connectivity index (χ2n) is 5.80. The highest BCUT2D eigenvalue weighted by Crippen LogP contribution is 2.09. The van der Waals surface area contributed by atoms with Crippen molar-refractivity contribution in [3.05, 3.63) is 12.2 Å². The first-order chi connectivity index (χ1) is 9.77. The number of hydrogen-bond donors (Lipinski definition) is 3. The molecule has 0 aromatic heterocycles. The van der Waals surface area contributed by atoms with Gasteiger partial charge in [0.1, 0.15) is 0 Å². The predicted octanol–water partition coefficient (Wildman–Crippen LogP) is 5.83. The van der Waals surface area contributed by atoms with Crippen LogP contribution in [0.5, 0.6) is 0 Å². The van der Waals surface area contributed by atoms with Crippen LogP contribution in [0.3, 0.4) is 0 Å². The maximum atomic E-state index is 10.5. The van der Waals surface area contributed by atoms with Crippen molar-refractivity contribution in [1.29, 1.82) is 0 Å². The van der Waals surface area contributed by atoms with E-state index in [2.05, 4.69) is 19.1 Å². The van der Waals surface area contributed by atoms with Gasteiger partial charge >= 0.3 is 0 Å². The lowest BCUT2D eigenvalue weighted by Gasteiger charge is -1.99. The molecule has 0 saturated carbocycles. The largest absolute Gasteiger partial charge is 0.370 e. The molecule has 0 radical (unpaired) electrons. The number of unbranched alkanes of at least 4 members (excludes halogenated alkanes) is 11. The Labute approximate surface area is 138 Å². The zero-order valence-electron chi connectivity index (χ0n) is 15.0. The minimum absolute atomic E-state index is 0. The number of primary amides is 1. The van der Waals surface area contributed by atoms with E-state index in [1.54, 1.807) is 0 Å². The van der Waals surface area contributed by atoms with Crippen LogP contribution in [0.25, 0.3) is 0 Å². The summed E-state index contributed by atoms with van der Waals surface area (Å²) in [6, 6.07) is 0. The standard InChI is InChI=1S/C18H35NO.2H3N/c1-2-3-4-5-6-7-8-9-10-11-12-13-14-15-16-17-18(19)20;;/h9-10H,2-8,11-17H2,1H3,(H2,19,20);2*1H3/b10-9-;;. The minimum atomic E-state index is -0.164. The van der Waals surface area contributed by atoms with Gasteiger partial charge in [0, 0.05) is 6.42 Å². The molecule has 0 bridgehead atoms. The van der Waals surface area contributed by atoms with E-state index in [1.165, 1.54) is 70.6 Å². The minimum Gasteiger partial charge on any atom is -0.370 e. The fourth-order valence-electron chi connectivity index (χ4n) is 2.37. The molecule has 4 nitrogen and oxygen atoms in total. The van der Waals surface area contributed by atoms with Gasteiger partial charge in [-0.05, 0) is 32.1 Å². The quantitative estimate of drug-likeness (QED) is 0.261. The van der Waals surface area contributed by atoms with Crippen LogP contribution < -0.4 is 18.0 Å². The molecule has 0 aliphatic heterocycles. The Kier molecular flexibility index (Phi) is 26.5. The van der Waals surface area contributed by atoms with Crippen LogP contribution in [0.15, 0.2) is 12.2 Å². The maximum absolute atomic E-state index is 10.5. The van der Waals surface area contributed by atoms with Gasteiger partial charge in [-0.15, -0.1) is 0 Å². The molecule has 0 heterocycles. The highest BCUT2D eigenvalue weighted by atomic mass is 16.1. The first kappa shape index (κ1) is 26.0. The molecule has 0 fully saturated rings. The summed E-state index contributed by atoms with van der Waals surface area (Å²) in [5.74, 6) is -0.164. The molecular formula is C18H41N3O. The third-order valence-electron chi connectivity index (χ3n) is 3.68. The van der Waals surface area contributed by atoms with E-state index < -0.39 is 0 Å². The summed E-state index contributed by atoms with van der Waals surface area (Å²) >= 11 is 0. The number of rotatable bonds is 15. The highest BCUT2D eigenvalue weighted by molar-refractivity contribution is 5.73. The lowest BCUT2D eigenvalue weighted by atomic mass is 10.1. The number of amides is 1. The van der Waals surface area contributed by atoms with Gasteiger partial charge in [0.2, 0.25) is 5.91 Å². The molecule has 0 spiro atoms. The maximum Gasteiger partial charge on any atom is 0.217 e. The van der Waals surface area contributed by atoms with Gasteiger partial charge < -0.3 is 18.0 Å². The molecule has 0 aromatic carbocycles. The molecule has 1 amide bonds. The molecule has 4 heteroatoms. The molecule has 0 rings (SSSR count). The van der Waals surface area contributed by atoms with Gasteiger partial charge in [-0.25, -0.2) is 0 Å². The van der Waals surface area contributed by atoms with Crippen LogP contribution in [-0.2, 0) is 4.79 Å². The van der Waals surface area contributed by atoms with Gasteiger partial charge in [-0.3, -0.25) is 4.79 Å². The highest BCUT2D eigenvalue weighted by Gasteiger charge is 1.94. The van der Waals surface area contributed by atoms with Gasteiger partial charge in [0.15, 0.2) is 0 Å². The summed E-state index contributed by atoms with van der Waals surface area (Å²) in [6.45, 7) is 2.26. The number of nitrogens with two attached hydrogens (primary N) is 1. The Balaban J connectivity index is -0.00000180. The van der Waals surface area contributed by atoms with Crippen LogP contribution in [0.4, 0.5) is 0 Å². The van der Waals surface area contributed by atoms with Gasteiger partial charge in [0.25, 0.3) is 0 Å². The number of carbonyl (C=O) groups excluding carboxylic acids is 1. The molecule has 22 heavy (non-hydrogen) atoms. The Morgan fingerprint density at radius 1 is 0.727 bits per heavy atom. The SMILES string of the molecule is CCCCCCCC/C=C\CCCCCCCC(N)=O.N.N. The van der Waals surface area contributed by atoms with E-state index in [1.807, 2.05) is 0 Å². The predicted molar refractivity (Wildman–Crippen MR) is 98.7 cm³/mol. The fraction of sp³-hybridized carbons (Fsp3) is 0.833. The monoisotopic (exact) mass is 315 g/mol.